The van der Waals surface area contributed by atoms with Gasteiger partial charge in [-0.05, 0) is 34.1 Å². The van der Waals surface area contributed by atoms with Crippen molar-refractivity contribution in [2.75, 3.05) is 36.0 Å². The van der Waals surface area contributed by atoms with Gasteiger partial charge in [0.05, 0.1) is 9.99 Å². The monoisotopic (exact) mass is 388 g/mol. The standard InChI is InChI=1S/C16H14BrFN6/c17-11-8-19-16(20-9-11)24-5-3-23(4-6-24)15-13-7-12(18)1-2-14(13)21-10-22-15/h1-2,7-10H,3-6H2. The lowest BCUT2D eigenvalue weighted by Gasteiger charge is -2.35. The average Bonchev–Trinajstić information content (AvgIpc) is 2.62. The van der Waals surface area contributed by atoms with E-state index in [2.05, 4.69) is 45.7 Å². The van der Waals surface area contributed by atoms with Crippen LogP contribution in [0.1, 0.15) is 0 Å². The van der Waals surface area contributed by atoms with Crippen LogP contribution in [0.3, 0.4) is 0 Å². The lowest BCUT2D eigenvalue weighted by atomic mass is 10.2. The van der Waals surface area contributed by atoms with E-state index in [0.717, 1.165) is 53.3 Å². The zero-order valence-electron chi connectivity index (χ0n) is 12.7. The molecule has 3 aromatic rings. The minimum Gasteiger partial charge on any atom is -0.352 e. The maximum Gasteiger partial charge on any atom is 0.225 e. The van der Waals surface area contributed by atoms with Crippen LogP contribution in [-0.4, -0.2) is 46.1 Å². The second-order valence-corrected chi connectivity index (χ2v) is 6.45. The molecule has 1 aromatic carbocycles. The molecule has 1 aliphatic rings. The van der Waals surface area contributed by atoms with Gasteiger partial charge in [0, 0.05) is 44.0 Å². The van der Waals surface area contributed by atoms with Gasteiger partial charge in [-0.15, -0.1) is 0 Å². The molecule has 1 fully saturated rings. The predicted octanol–water partition coefficient (Wildman–Crippen LogP) is 2.65. The molecule has 1 saturated heterocycles. The van der Waals surface area contributed by atoms with Crippen molar-refractivity contribution >= 4 is 38.6 Å². The molecule has 3 heterocycles. The molecular formula is C16H14BrFN6. The topological polar surface area (TPSA) is 58.0 Å². The van der Waals surface area contributed by atoms with Gasteiger partial charge in [0.25, 0.3) is 0 Å². The molecule has 0 N–H and O–H groups in total. The summed E-state index contributed by atoms with van der Waals surface area (Å²) in [6.45, 7) is 3.09. The van der Waals surface area contributed by atoms with Gasteiger partial charge in [-0.25, -0.2) is 24.3 Å². The van der Waals surface area contributed by atoms with E-state index < -0.39 is 0 Å². The molecule has 6 nitrogen and oxygen atoms in total. The van der Waals surface area contributed by atoms with Crippen molar-refractivity contribution in [2.24, 2.45) is 0 Å². The molecule has 0 saturated carbocycles. The second-order valence-electron chi connectivity index (χ2n) is 5.53. The van der Waals surface area contributed by atoms with Crippen LogP contribution < -0.4 is 9.80 Å². The van der Waals surface area contributed by atoms with Crippen molar-refractivity contribution < 1.29 is 4.39 Å². The largest absolute Gasteiger partial charge is 0.352 e. The Labute approximate surface area is 146 Å². The molecule has 0 aliphatic carbocycles. The van der Waals surface area contributed by atoms with Crippen molar-refractivity contribution in [3.8, 4) is 0 Å². The lowest BCUT2D eigenvalue weighted by molar-refractivity contribution is 0.627. The van der Waals surface area contributed by atoms with Crippen LogP contribution >= 0.6 is 15.9 Å². The molecule has 4 rings (SSSR count). The molecule has 2 aromatic heterocycles. The molecule has 1 aliphatic heterocycles. The quantitative estimate of drug-likeness (QED) is 0.672. The zero-order valence-corrected chi connectivity index (χ0v) is 14.3. The number of hydrogen-bond acceptors (Lipinski definition) is 6. The van der Waals surface area contributed by atoms with Gasteiger partial charge in [-0.3, -0.25) is 0 Å². The highest BCUT2D eigenvalue weighted by Gasteiger charge is 2.21. The smallest absolute Gasteiger partial charge is 0.225 e. The summed E-state index contributed by atoms with van der Waals surface area (Å²) >= 11 is 3.34. The Balaban J connectivity index is 1.56. The third-order valence-corrected chi connectivity index (χ3v) is 4.45. The SMILES string of the molecule is Fc1ccc2ncnc(N3CCN(c4ncc(Br)cn4)CC3)c2c1. The van der Waals surface area contributed by atoms with Crippen molar-refractivity contribution in [1.82, 2.24) is 19.9 Å². The highest BCUT2D eigenvalue weighted by molar-refractivity contribution is 9.10. The fourth-order valence-electron chi connectivity index (χ4n) is 2.85. The molecule has 8 heteroatoms. The Kier molecular flexibility index (Phi) is 3.97. The van der Waals surface area contributed by atoms with Crippen LogP contribution in [0.5, 0.6) is 0 Å². The predicted molar refractivity (Wildman–Crippen MR) is 93.7 cm³/mol. The fraction of sp³-hybridized carbons (Fsp3) is 0.250. The zero-order chi connectivity index (χ0) is 16.5. The lowest BCUT2D eigenvalue weighted by Crippen LogP contribution is -2.47. The van der Waals surface area contributed by atoms with Gasteiger partial charge in [-0.2, -0.15) is 0 Å². The van der Waals surface area contributed by atoms with Gasteiger partial charge in [0.2, 0.25) is 5.95 Å². The summed E-state index contributed by atoms with van der Waals surface area (Å²) in [5.41, 5.74) is 0.750. The fourth-order valence-corrected chi connectivity index (χ4v) is 3.06. The number of anilines is 2. The summed E-state index contributed by atoms with van der Waals surface area (Å²) in [6.07, 6.45) is 5.02. The Morgan fingerprint density at radius 1 is 0.917 bits per heavy atom. The molecule has 0 unspecified atom stereocenters. The van der Waals surface area contributed by atoms with Crippen molar-refractivity contribution in [2.45, 2.75) is 0 Å². The Morgan fingerprint density at radius 2 is 1.62 bits per heavy atom. The number of aromatic nitrogens is 4. The third-order valence-electron chi connectivity index (χ3n) is 4.05. The number of benzene rings is 1. The minimum atomic E-state index is -0.277. The van der Waals surface area contributed by atoms with Crippen LogP contribution in [0.2, 0.25) is 0 Å². The van der Waals surface area contributed by atoms with E-state index in [1.807, 2.05) is 0 Å². The van der Waals surface area contributed by atoms with E-state index in [1.54, 1.807) is 18.5 Å². The Bertz CT molecular complexity index is 864. The molecule has 122 valence electrons. The number of nitrogens with zero attached hydrogens (tertiary/aromatic N) is 6. The Hall–Kier alpha value is -2.35. The van der Waals surface area contributed by atoms with E-state index in [4.69, 9.17) is 0 Å². The third kappa shape index (κ3) is 2.89. The van der Waals surface area contributed by atoms with E-state index in [0.29, 0.717) is 0 Å². The summed E-state index contributed by atoms with van der Waals surface area (Å²) in [5.74, 6) is 1.22. The maximum absolute atomic E-state index is 13.6. The molecule has 0 amide bonds. The summed E-state index contributed by atoms with van der Waals surface area (Å²) in [5, 5.41) is 0.742. The molecule has 0 bridgehead atoms. The summed E-state index contributed by atoms with van der Waals surface area (Å²) in [4.78, 5) is 21.5. The van der Waals surface area contributed by atoms with Crippen molar-refractivity contribution in [3.63, 3.8) is 0 Å². The summed E-state index contributed by atoms with van der Waals surface area (Å²) < 4.78 is 14.5. The van der Waals surface area contributed by atoms with Crippen LogP contribution in [0, 0.1) is 5.82 Å². The summed E-state index contributed by atoms with van der Waals surface area (Å²) in [7, 11) is 0. The molecule has 24 heavy (non-hydrogen) atoms. The number of rotatable bonds is 2. The van der Waals surface area contributed by atoms with Gasteiger partial charge in [-0.1, -0.05) is 0 Å². The molecule has 0 atom stereocenters. The van der Waals surface area contributed by atoms with Crippen molar-refractivity contribution in [3.05, 3.63) is 47.2 Å². The van der Waals surface area contributed by atoms with Crippen molar-refractivity contribution in [1.29, 1.82) is 0 Å². The number of hydrogen-bond donors (Lipinski definition) is 0. The van der Waals surface area contributed by atoms with E-state index >= 15 is 0 Å². The van der Waals surface area contributed by atoms with Gasteiger partial charge >= 0.3 is 0 Å². The molecular weight excluding hydrogens is 375 g/mol. The maximum atomic E-state index is 13.6. The summed E-state index contributed by atoms with van der Waals surface area (Å²) in [6, 6.07) is 4.60. The first-order chi connectivity index (χ1) is 11.7. The van der Waals surface area contributed by atoms with Gasteiger partial charge in [0.1, 0.15) is 18.0 Å². The minimum absolute atomic E-state index is 0.277. The second kappa shape index (κ2) is 6.27. The first kappa shape index (κ1) is 15.2. The van der Waals surface area contributed by atoms with Crippen LogP contribution in [-0.2, 0) is 0 Å². The van der Waals surface area contributed by atoms with Crippen LogP contribution in [0.4, 0.5) is 16.2 Å². The number of fused-ring (bicyclic) bond motifs is 1. The van der Waals surface area contributed by atoms with E-state index in [9.17, 15) is 4.39 Å². The number of halogens is 2. The highest BCUT2D eigenvalue weighted by atomic mass is 79.9. The Morgan fingerprint density at radius 3 is 2.38 bits per heavy atom. The van der Waals surface area contributed by atoms with Crippen LogP contribution in [0.15, 0.2) is 41.4 Å². The van der Waals surface area contributed by atoms with Crippen LogP contribution in [0.25, 0.3) is 10.9 Å². The van der Waals surface area contributed by atoms with E-state index in [1.165, 1.54) is 18.5 Å². The number of piperazine rings is 1. The highest BCUT2D eigenvalue weighted by Crippen LogP contribution is 2.25. The average molecular weight is 389 g/mol. The normalized spacial score (nSPS) is 15.1. The first-order valence-corrected chi connectivity index (χ1v) is 8.38. The van der Waals surface area contributed by atoms with Gasteiger partial charge in [0.15, 0.2) is 0 Å². The van der Waals surface area contributed by atoms with Gasteiger partial charge < -0.3 is 9.80 Å². The van der Waals surface area contributed by atoms with E-state index in [-0.39, 0.29) is 5.82 Å². The molecule has 0 radical (unpaired) electrons. The first-order valence-electron chi connectivity index (χ1n) is 7.58. The molecule has 0 spiro atoms.